The zero-order valence-corrected chi connectivity index (χ0v) is 12.6. The summed E-state index contributed by atoms with van der Waals surface area (Å²) in [6.45, 7) is 6.15. The topological polar surface area (TPSA) is 59.4 Å². The number of aryl methyl sites for hydroxylation is 2. The maximum atomic E-state index is 11.2. The number of carboxylic acids is 1. The van der Waals surface area contributed by atoms with Crippen LogP contribution in [0.2, 0.25) is 0 Å². The molecule has 5 heteroatoms. The number of hydrogen-bond donors (Lipinski definition) is 1. The van der Waals surface area contributed by atoms with Gasteiger partial charge in [0.2, 0.25) is 0 Å². The molecular weight excluding hydrogens is 274 g/mol. The molecule has 0 aliphatic carbocycles. The maximum Gasteiger partial charge on any atom is 0.347 e. The highest BCUT2D eigenvalue weighted by molar-refractivity contribution is 7.13. The van der Waals surface area contributed by atoms with Gasteiger partial charge in [0.1, 0.15) is 22.9 Å². The standard InChI is InChI=1S/C15H17NO3S/c1-4-13-16-11(14(20-13)15(17)18)8-19-12-7-5-6-9(2)10(12)3/h5-7H,4,8H2,1-3H3,(H,17,18). The van der Waals surface area contributed by atoms with Crippen LogP contribution in [0.3, 0.4) is 0 Å². The molecule has 106 valence electrons. The number of hydrogen-bond acceptors (Lipinski definition) is 4. The average Bonchev–Trinajstić information content (AvgIpc) is 2.84. The summed E-state index contributed by atoms with van der Waals surface area (Å²) in [5, 5.41) is 10.0. The van der Waals surface area contributed by atoms with Crippen molar-refractivity contribution in [3.8, 4) is 5.75 Å². The summed E-state index contributed by atoms with van der Waals surface area (Å²) in [4.78, 5) is 15.8. The Balaban J connectivity index is 2.20. The summed E-state index contributed by atoms with van der Waals surface area (Å²) in [6, 6.07) is 5.83. The average molecular weight is 291 g/mol. The molecule has 0 aliphatic heterocycles. The molecule has 0 radical (unpaired) electrons. The first-order chi connectivity index (χ1) is 9.52. The lowest BCUT2D eigenvalue weighted by molar-refractivity contribution is 0.0699. The Kier molecular flexibility index (Phi) is 4.39. The Hall–Kier alpha value is -1.88. The third kappa shape index (κ3) is 2.99. The predicted octanol–water partition coefficient (Wildman–Crippen LogP) is 3.60. The molecule has 0 unspecified atom stereocenters. The Bertz CT molecular complexity index is 634. The maximum absolute atomic E-state index is 11.2. The van der Waals surface area contributed by atoms with Gasteiger partial charge in [0, 0.05) is 0 Å². The number of aromatic carboxylic acids is 1. The van der Waals surface area contributed by atoms with Gasteiger partial charge in [0.15, 0.2) is 0 Å². The Morgan fingerprint density at radius 3 is 2.80 bits per heavy atom. The molecule has 4 nitrogen and oxygen atoms in total. The van der Waals surface area contributed by atoms with Gasteiger partial charge in [-0.05, 0) is 37.5 Å². The van der Waals surface area contributed by atoms with Crippen LogP contribution in [0.5, 0.6) is 5.75 Å². The Morgan fingerprint density at radius 1 is 1.40 bits per heavy atom. The van der Waals surface area contributed by atoms with Gasteiger partial charge in [0.25, 0.3) is 0 Å². The van der Waals surface area contributed by atoms with Crippen LogP contribution in [-0.4, -0.2) is 16.1 Å². The molecule has 0 amide bonds. The zero-order valence-electron chi connectivity index (χ0n) is 11.8. The quantitative estimate of drug-likeness (QED) is 0.914. The number of ether oxygens (including phenoxy) is 1. The fraction of sp³-hybridized carbons (Fsp3) is 0.333. The SMILES string of the molecule is CCc1nc(COc2cccc(C)c2C)c(C(=O)O)s1. The fourth-order valence-corrected chi connectivity index (χ4v) is 2.69. The second-order valence-electron chi connectivity index (χ2n) is 4.53. The van der Waals surface area contributed by atoms with Gasteiger partial charge in [-0.3, -0.25) is 0 Å². The number of rotatable bonds is 5. The molecule has 0 atom stereocenters. The van der Waals surface area contributed by atoms with Crippen LogP contribution >= 0.6 is 11.3 Å². The number of nitrogens with zero attached hydrogens (tertiary/aromatic N) is 1. The molecule has 1 aromatic carbocycles. The molecule has 1 aromatic heterocycles. The van der Waals surface area contributed by atoms with E-state index < -0.39 is 5.97 Å². The summed E-state index contributed by atoms with van der Waals surface area (Å²) in [5.74, 6) is -0.172. The second-order valence-corrected chi connectivity index (χ2v) is 5.61. The fourth-order valence-electron chi connectivity index (χ4n) is 1.84. The largest absolute Gasteiger partial charge is 0.487 e. The van der Waals surface area contributed by atoms with Crippen LogP contribution in [0.4, 0.5) is 0 Å². The van der Waals surface area contributed by atoms with E-state index in [4.69, 9.17) is 4.74 Å². The van der Waals surface area contributed by atoms with Crippen LogP contribution in [0.25, 0.3) is 0 Å². The van der Waals surface area contributed by atoms with Crippen LogP contribution in [-0.2, 0) is 13.0 Å². The zero-order chi connectivity index (χ0) is 14.7. The highest BCUT2D eigenvalue weighted by Crippen LogP contribution is 2.24. The van der Waals surface area contributed by atoms with Crippen LogP contribution in [0.15, 0.2) is 18.2 Å². The van der Waals surface area contributed by atoms with Gasteiger partial charge >= 0.3 is 5.97 Å². The smallest absolute Gasteiger partial charge is 0.347 e. The Morgan fingerprint density at radius 2 is 2.15 bits per heavy atom. The predicted molar refractivity (Wildman–Crippen MR) is 78.7 cm³/mol. The monoisotopic (exact) mass is 291 g/mol. The molecule has 0 saturated heterocycles. The van der Waals surface area contributed by atoms with Crippen molar-refractivity contribution in [1.29, 1.82) is 0 Å². The van der Waals surface area contributed by atoms with Crippen molar-refractivity contribution in [3.63, 3.8) is 0 Å². The first kappa shape index (κ1) is 14.5. The first-order valence-electron chi connectivity index (χ1n) is 6.43. The van der Waals surface area contributed by atoms with E-state index in [1.54, 1.807) is 0 Å². The Labute approximate surface area is 122 Å². The highest BCUT2D eigenvalue weighted by Gasteiger charge is 2.17. The van der Waals surface area contributed by atoms with Gasteiger partial charge in [-0.1, -0.05) is 19.1 Å². The summed E-state index contributed by atoms with van der Waals surface area (Å²) < 4.78 is 5.73. The van der Waals surface area contributed by atoms with Crippen molar-refractivity contribution in [2.24, 2.45) is 0 Å². The van der Waals surface area contributed by atoms with E-state index in [0.29, 0.717) is 5.69 Å². The minimum atomic E-state index is -0.943. The highest BCUT2D eigenvalue weighted by atomic mass is 32.1. The van der Waals surface area contributed by atoms with Crippen molar-refractivity contribution in [3.05, 3.63) is 44.9 Å². The van der Waals surface area contributed by atoms with E-state index in [1.165, 1.54) is 11.3 Å². The van der Waals surface area contributed by atoms with E-state index in [2.05, 4.69) is 4.98 Å². The molecule has 0 fully saturated rings. The molecule has 0 bridgehead atoms. The second kappa shape index (κ2) is 6.05. The first-order valence-corrected chi connectivity index (χ1v) is 7.25. The molecular formula is C15H17NO3S. The van der Waals surface area contributed by atoms with Crippen molar-refractivity contribution in [2.75, 3.05) is 0 Å². The van der Waals surface area contributed by atoms with Crippen molar-refractivity contribution >= 4 is 17.3 Å². The normalized spacial score (nSPS) is 10.6. The van der Waals surface area contributed by atoms with Gasteiger partial charge in [-0.15, -0.1) is 11.3 Å². The number of thiazole rings is 1. The molecule has 0 aliphatic rings. The molecule has 20 heavy (non-hydrogen) atoms. The minimum absolute atomic E-state index is 0.183. The van der Waals surface area contributed by atoms with Crippen molar-refractivity contribution in [2.45, 2.75) is 33.8 Å². The number of carbonyl (C=O) groups is 1. The van der Waals surface area contributed by atoms with Gasteiger partial charge < -0.3 is 9.84 Å². The summed E-state index contributed by atoms with van der Waals surface area (Å²) in [5.41, 5.74) is 2.71. The van der Waals surface area contributed by atoms with Crippen LogP contribution < -0.4 is 4.74 Å². The van der Waals surface area contributed by atoms with E-state index >= 15 is 0 Å². The number of aromatic nitrogens is 1. The van der Waals surface area contributed by atoms with E-state index in [1.807, 2.05) is 39.0 Å². The molecule has 2 aromatic rings. The summed E-state index contributed by atoms with van der Waals surface area (Å²) in [7, 11) is 0. The third-order valence-electron chi connectivity index (χ3n) is 3.16. The molecule has 0 spiro atoms. The van der Waals surface area contributed by atoms with Crippen LogP contribution in [0, 0.1) is 13.8 Å². The lowest BCUT2D eigenvalue weighted by atomic mass is 10.1. The third-order valence-corrected chi connectivity index (χ3v) is 4.39. The molecule has 0 saturated carbocycles. The van der Waals surface area contributed by atoms with Gasteiger partial charge in [-0.25, -0.2) is 9.78 Å². The molecule has 1 heterocycles. The van der Waals surface area contributed by atoms with E-state index in [0.717, 1.165) is 28.3 Å². The van der Waals surface area contributed by atoms with Crippen molar-refractivity contribution < 1.29 is 14.6 Å². The van der Waals surface area contributed by atoms with E-state index in [9.17, 15) is 9.90 Å². The van der Waals surface area contributed by atoms with Gasteiger partial charge in [0.05, 0.1) is 5.01 Å². The van der Waals surface area contributed by atoms with E-state index in [-0.39, 0.29) is 11.5 Å². The number of carboxylic acid groups (broad SMARTS) is 1. The lowest BCUT2D eigenvalue weighted by Crippen LogP contribution is -2.04. The number of benzene rings is 1. The summed E-state index contributed by atoms with van der Waals surface area (Å²) >= 11 is 1.22. The van der Waals surface area contributed by atoms with Crippen LogP contribution in [0.1, 0.15) is 38.4 Å². The van der Waals surface area contributed by atoms with Crippen molar-refractivity contribution in [1.82, 2.24) is 4.98 Å². The summed E-state index contributed by atoms with van der Waals surface area (Å²) in [6.07, 6.45) is 0.731. The minimum Gasteiger partial charge on any atom is -0.487 e. The molecule has 1 N–H and O–H groups in total. The molecule has 2 rings (SSSR count). The lowest BCUT2D eigenvalue weighted by Gasteiger charge is -2.10. The van der Waals surface area contributed by atoms with Gasteiger partial charge in [-0.2, -0.15) is 0 Å².